The minimum absolute atomic E-state index is 0.153. The fourth-order valence-electron chi connectivity index (χ4n) is 2.82. The molecule has 4 nitrogen and oxygen atoms in total. The van der Waals surface area contributed by atoms with Crippen molar-refractivity contribution in [1.29, 1.82) is 0 Å². The van der Waals surface area contributed by atoms with Crippen LogP contribution in [0.5, 0.6) is 5.75 Å². The van der Waals surface area contributed by atoms with E-state index < -0.39 is 0 Å². The second-order valence-corrected chi connectivity index (χ2v) is 7.80. The molecule has 0 aromatic heterocycles. The van der Waals surface area contributed by atoms with Crippen molar-refractivity contribution in [3.8, 4) is 5.75 Å². The van der Waals surface area contributed by atoms with Crippen LogP contribution >= 0.6 is 23.4 Å². The molecular weight excluding hydrogens is 392 g/mol. The van der Waals surface area contributed by atoms with Gasteiger partial charge in [-0.15, -0.1) is 0 Å². The number of amides is 1. The molecule has 2 aromatic carbocycles. The Kier molecular flexibility index (Phi) is 6.81. The molecule has 1 aliphatic heterocycles. The SMILES string of the molecule is CCCSC1=N/C(=C/c2ccc(CC)cc2)C(=O)N1c1ccc(OC)c(Cl)c1. The average molecular weight is 415 g/mol. The van der Waals surface area contributed by atoms with E-state index in [0.29, 0.717) is 27.3 Å². The van der Waals surface area contributed by atoms with Crippen molar-refractivity contribution in [1.82, 2.24) is 0 Å². The monoisotopic (exact) mass is 414 g/mol. The third kappa shape index (κ3) is 4.42. The molecule has 0 atom stereocenters. The van der Waals surface area contributed by atoms with Gasteiger partial charge in [0, 0.05) is 5.75 Å². The van der Waals surface area contributed by atoms with Crippen LogP contribution in [-0.4, -0.2) is 23.9 Å². The van der Waals surface area contributed by atoms with Gasteiger partial charge in [0.05, 0.1) is 17.8 Å². The number of rotatable bonds is 6. The summed E-state index contributed by atoms with van der Waals surface area (Å²) in [5.74, 6) is 1.30. The van der Waals surface area contributed by atoms with E-state index in [1.54, 1.807) is 35.9 Å². The summed E-state index contributed by atoms with van der Waals surface area (Å²) in [7, 11) is 1.57. The van der Waals surface area contributed by atoms with Crippen LogP contribution < -0.4 is 9.64 Å². The number of halogens is 1. The predicted octanol–water partition coefficient (Wildman–Crippen LogP) is 5.80. The van der Waals surface area contributed by atoms with Gasteiger partial charge in [0.25, 0.3) is 5.91 Å². The Bertz CT molecular complexity index is 923. The van der Waals surface area contributed by atoms with Gasteiger partial charge in [0.1, 0.15) is 11.4 Å². The van der Waals surface area contributed by atoms with E-state index in [1.807, 2.05) is 24.3 Å². The van der Waals surface area contributed by atoms with Gasteiger partial charge in [-0.05, 0) is 48.2 Å². The summed E-state index contributed by atoms with van der Waals surface area (Å²) < 4.78 is 5.22. The lowest BCUT2D eigenvalue weighted by Gasteiger charge is -2.18. The van der Waals surface area contributed by atoms with Gasteiger partial charge < -0.3 is 4.74 Å². The fourth-order valence-corrected chi connectivity index (χ4v) is 3.93. The maximum absolute atomic E-state index is 13.1. The van der Waals surface area contributed by atoms with Gasteiger partial charge in [-0.25, -0.2) is 4.99 Å². The van der Waals surface area contributed by atoms with Crippen LogP contribution in [0.2, 0.25) is 5.02 Å². The Balaban J connectivity index is 1.95. The molecule has 0 saturated carbocycles. The Morgan fingerprint density at radius 1 is 1.18 bits per heavy atom. The van der Waals surface area contributed by atoms with Crippen LogP contribution in [0.3, 0.4) is 0 Å². The zero-order valence-electron chi connectivity index (χ0n) is 16.2. The number of aryl methyl sites for hydroxylation is 1. The number of anilines is 1. The van der Waals surface area contributed by atoms with E-state index in [-0.39, 0.29) is 5.91 Å². The smallest absolute Gasteiger partial charge is 0.283 e. The average Bonchev–Trinajstić information content (AvgIpc) is 3.02. The number of hydrogen-bond acceptors (Lipinski definition) is 4. The van der Waals surface area contributed by atoms with Crippen LogP contribution in [0.25, 0.3) is 6.08 Å². The van der Waals surface area contributed by atoms with Gasteiger partial charge in [-0.2, -0.15) is 0 Å². The van der Waals surface area contributed by atoms with Crippen LogP contribution in [0.15, 0.2) is 53.2 Å². The molecule has 0 N–H and O–H groups in total. The molecule has 1 aliphatic rings. The van der Waals surface area contributed by atoms with Gasteiger partial charge >= 0.3 is 0 Å². The normalized spacial score (nSPS) is 15.3. The molecule has 0 radical (unpaired) electrons. The Morgan fingerprint density at radius 2 is 1.93 bits per heavy atom. The first-order valence-electron chi connectivity index (χ1n) is 9.27. The zero-order valence-corrected chi connectivity index (χ0v) is 17.8. The van der Waals surface area contributed by atoms with Crippen molar-refractivity contribution in [3.05, 3.63) is 64.3 Å². The van der Waals surface area contributed by atoms with Crippen molar-refractivity contribution in [2.45, 2.75) is 26.7 Å². The lowest BCUT2D eigenvalue weighted by molar-refractivity contribution is -0.113. The van der Waals surface area contributed by atoms with E-state index in [4.69, 9.17) is 16.3 Å². The molecule has 1 amide bonds. The number of ether oxygens (including phenoxy) is 1. The van der Waals surface area contributed by atoms with E-state index in [2.05, 4.69) is 31.0 Å². The van der Waals surface area contributed by atoms with Crippen LogP contribution in [-0.2, 0) is 11.2 Å². The Labute approximate surface area is 175 Å². The first-order valence-corrected chi connectivity index (χ1v) is 10.6. The molecule has 6 heteroatoms. The molecule has 0 fully saturated rings. The summed E-state index contributed by atoms with van der Waals surface area (Å²) in [4.78, 5) is 19.4. The van der Waals surface area contributed by atoms with E-state index in [0.717, 1.165) is 24.2 Å². The van der Waals surface area contributed by atoms with E-state index >= 15 is 0 Å². The van der Waals surface area contributed by atoms with Gasteiger partial charge in [0.2, 0.25) is 0 Å². The third-order valence-corrected chi connectivity index (χ3v) is 5.79. The molecule has 2 aromatic rings. The number of carbonyl (C=O) groups excluding carboxylic acids is 1. The number of aliphatic imine (C=N–C) groups is 1. The van der Waals surface area contributed by atoms with Crippen molar-refractivity contribution in [2.24, 2.45) is 4.99 Å². The number of thioether (sulfide) groups is 1. The molecule has 0 unspecified atom stereocenters. The Morgan fingerprint density at radius 3 is 2.54 bits per heavy atom. The highest BCUT2D eigenvalue weighted by Crippen LogP contribution is 2.34. The number of benzene rings is 2. The second-order valence-electron chi connectivity index (χ2n) is 6.33. The quantitative estimate of drug-likeness (QED) is 0.561. The van der Waals surface area contributed by atoms with Crippen molar-refractivity contribution in [2.75, 3.05) is 17.8 Å². The maximum atomic E-state index is 13.1. The van der Waals surface area contributed by atoms with E-state index in [9.17, 15) is 4.79 Å². The molecule has 28 heavy (non-hydrogen) atoms. The number of carbonyl (C=O) groups is 1. The first-order chi connectivity index (χ1) is 13.6. The predicted molar refractivity (Wildman–Crippen MR) is 119 cm³/mol. The lowest BCUT2D eigenvalue weighted by atomic mass is 10.1. The third-order valence-electron chi connectivity index (χ3n) is 4.35. The summed E-state index contributed by atoms with van der Waals surface area (Å²) in [6.45, 7) is 4.22. The van der Waals surface area contributed by atoms with Crippen LogP contribution in [0.1, 0.15) is 31.4 Å². The summed E-state index contributed by atoms with van der Waals surface area (Å²) in [6, 6.07) is 13.5. The minimum atomic E-state index is -0.153. The van der Waals surface area contributed by atoms with Crippen LogP contribution in [0.4, 0.5) is 5.69 Å². The van der Waals surface area contributed by atoms with Gasteiger partial charge in [-0.1, -0.05) is 61.5 Å². The Hall–Kier alpha value is -2.24. The molecule has 0 saturated heterocycles. The summed E-state index contributed by atoms with van der Waals surface area (Å²) in [5.41, 5.74) is 3.33. The summed E-state index contributed by atoms with van der Waals surface area (Å²) >= 11 is 7.84. The molecule has 0 bridgehead atoms. The largest absolute Gasteiger partial charge is 0.495 e. The molecule has 0 spiro atoms. The molecule has 0 aliphatic carbocycles. The summed E-state index contributed by atoms with van der Waals surface area (Å²) in [6.07, 6.45) is 3.81. The number of methoxy groups -OCH3 is 1. The maximum Gasteiger partial charge on any atom is 0.283 e. The number of nitrogens with zero attached hydrogens (tertiary/aromatic N) is 2. The first kappa shape index (κ1) is 20.5. The van der Waals surface area contributed by atoms with E-state index in [1.165, 1.54) is 5.56 Å². The zero-order chi connectivity index (χ0) is 20.1. The highest BCUT2D eigenvalue weighted by Gasteiger charge is 2.32. The fraction of sp³-hybridized carbons (Fsp3) is 0.273. The standard InChI is InChI=1S/C22H23ClN2O2S/c1-4-12-28-22-24-19(13-16-8-6-15(5-2)7-9-16)21(26)25(22)17-10-11-20(27-3)18(23)14-17/h6-11,13-14H,4-5,12H2,1-3H3/b19-13+. The topological polar surface area (TPSA) is 41.9 Å². The lowest BCUT2D eigenvalue weighted by Crippen LogP contribution is -2.30. The van der Waals surface area contributed by atoms with Crippen molar-refractivity contribution < 1.29 is 9.53 Å². The molecule has 146 valence electrons. The highest BCUT2D eigenvalue weighted by atomic mass is 35.5. The molecule has 3 rings (SSSR count). The van der Waals surface area contributed by atoms with Gasteiger partial charge in [0.15, 0.2) is 5.17 Å². The second kappa shape index (κ2) is 9.30. The van der Waals surface area contributed by atoms with Crippen molar-refractivity contribution >= 4 is 46.2 Å². The summed E-state index contributed by atoms with van der Waals surface area (Å²) in [5, 5.41) is 1.13. The highest BCUT2D eigenvalue weighted by molar-refractivity contribution is 8.14. The number of amidine groups is 1. The molecule has 1 heterocycles. The van der Waals surface area contributed by atoms with Gasteiger partial charge in [-0.3, -0.25) is 9.69 Å². The van der Waals surface area contributed by atoms with Crippen molar-refractivity contribution in [3.63, 3.8) is 0 Å². The van der Waals surface area contributed by atoms with Crippen LogP contribution in [0, 0.1) is 0 Å². The number of hydrogen-bond donors (Lipinski definition) is 0. The minimum Gasteiger partial charge on any atom is -0.495 e. The molecular formula is C22H23ClN2O2S.